The van der Waals surface area contributed by atoms with Crippen molar-refractivity contribution in [2.24, 2.45) is 0 Å². The average Bonchev–Trinajstić information content (AvgIpc) is 3.23. The van der Waals surface area contributed by atoms with Gasteiger partial charge in [0.15, 0.2) is 5.65 Å². The lowest BCUT2D eigenvalue weighted by Gasteiger charge is -2.07. The van der Waals surface area contributed by atoms with Gasteiger partial charge < -0.3 is 4.74 Å². The monoisotopic (exact) mass is 324 g/mol. The summed E-state index contributed by atoms with van der Waals surface area (Å²) in [6, 6.07) is 9.80. The summed E-state index contributed by atoms with van der Waals surface area (Å²) in [5, 5.41) is 13.8. The van der Waals surface area contributed by atoms with E-state index < -0.39 is 0 Å². The highest BCUT2D eigenvalue weighted by atomic mass is 35.5. The SMILES string of the molecule is COc1cc([C@H]2C[C@@H]2c2cc(Cl)nn3ccnc23)ccc1C#N. The molecule has 2 heterocycles. The third kappa shape index (κ3) is 2.32. The standard InChI is InChI=1S/C17H13ClN4O/c1-23-15-6-10(2-3-11(15)9-19)12-7-13(12)14-8-16(18)21-22-5-4-20-17(14)22/h2-6,8,12-13H,7H2,1H3/t12-,13+/m1/s1. The van der Waals surface area contributed by atoms with Crippen LogP contribution in [0.1, 0.15) is 34.9 Å². The van der Waals surface area contributed by atoms with Crippen molar-refractivity contribution in [2.45, 2.75) is 18.3 Å². The Morgan fingerprint density at radius 3 is 3.00 bits per heavy atom. The zero-order chi connectivity index (χ0) is 16.0. The Labute approximate surface area is 138 Å². The maximum Gasteiger partial charge on any atom is 0.157 e. The molecule has 23 heavy (non-hydrogen) atoms. The molecule has 0 bridgehead atoms. The summed E-state index contributed by atoms with van der Waals surface area (Å²) in [5.41, 5.74) is 3.69. The maximum absolute atomic E-state index is 9.09. The summed E-state index contributed by atoms with van der Waals surface area (Å²) in [6.07, 6.45) is 4.55. The van der Waals surface area contributed by atoms with Gasteiger partial charge in [0.05, 0.1) is 12.7 Å². The van der Waals surface area contributed by atoms with Crippen molar-refractivity contribution >= 4 is 17.2 Å². The van der Waals surface area contributed by atoms with Gasteiger partial charge >= 0.3 is 0 Å². The molecule has 0 unspecified atom stereocenters. The molecule has 0 spiro atoms. The zero-order valence-corrected chi connectivity index (χ0v) is 13.2. The highest BCUT2D eigenvalue weighted by Gasteiger charge is 2.41. The molecular weight excluding hydrogens is 312 g/mol. The Morgan fingerprint density at radius 2 is 2.22 bits per heavy atom. The number of methoxy groups -OCH3 is 1. The maximum atomic E-state index is 9.09. The summed E-state index contributed by atoms with van der Waals surface area (Å²) in [4.78, 5) is 4.38. The van der Waals surface area contributed by atoms with Crippen molar-refractivity contribution in [3.63, 3.8) is 0 Å². The van der Waals surface area contributed by atoms with Crippen LogP contribution in [0.2, 0.25) is 5.15 Å². The van der Waals surface area contributed by atoms with Gasteiger partial charge in [-0.2, -0.15) is 10.4 Å². The lowest BCUT2D eigenvalue weighted by Crippen LogP contribution is -1.97. The molecule has 4 rings (SSSR count). The van der Waals surface area contributed by atoms with E-state index in [1.54, 1.807) is 24.0 Å². The Bertz CT molecular complexity index is 943. The zero-order valence-electron chi connectivity index (χ0n) is 12.4. The molecular formula is C17H13ClN4O. The number of halogens is 1. The largest absolute Gasteiger partial charge is 0.495 e. The molecule has 1 saturated carbocycles. The molecule has 5 nitrogen and oxygen atoms in total. The number of rotatable bonds is 3. The third-order valence-corrected chi connectivity index (χ3v) is 4.51. The molecule has 1 aliphatic carbocycles. The lowest BCUT2D eigenvalue weighted by atomic mass is 10.0. The molecule has 0 aliphatic heterocycles. The number of nitrogens with zero attached hydrogens (tertiary/aromatic N) is 4. The Balaban J connectivity index is 1.70. The lowest BCUT2D eigenvalue weighted by molar-refractivity contribution is 0.413. The first-order valence-corrected chi connectivity index (χ1v) is 7.67. The van der Waals surface area contributed by atoms with Crippen LogP contribution >= 0.6 is 11.6 Å². The second-order valence-corrected chi connectivity index (χ2v) is 6.03. The van der Waals surface area contributed by atoms with Crippen LogP contribution in [0.5, 0.6) is 5.75 Å². The molecule has 2 aromatic heterocycles. The van der Waals surface area contributed by atoms with E-state index in [1.165, 1.54) is 5.56 Å². The number of fused-ring (bicyclic) bond motifs is 1. The van der Waals surface area contributed by atoms with Crippen LogP contribution in [-0.2, 0) is 0 Å². The normalized spacial score (nSPS) is 19.5. The van der Waals surface area contributed by atoms with E-state index in [9.17, 15) is 0 Å². The number of hydrogen-bond acceptors (Lipinski definition) is 4. The number of nitriles is 1. The molecule has 114 valence electrons. The van der Waals surface area contributed by atoms with Gasteiger partial charge in [0.25, 0.3) is 0 Å². The predicted molar refractivity (Wildman–Crippen MR) is 85.8 cm³/mol. The van der Waals surface area contributed by atoms with Crippen LogP contribution in [0.3, 0.4) is 0 Å². The summed E-state index contributed by atoms with van der Waals surface area (Å²) >= 11 is 6.12. The van der Waals surface area contributed by atoms with Crippen molar-refractivity contribution in [2.75, 3.05) is 7.11 Å². The van der Waals surface area contributed by atoms with E-state index in [0.717, 1.165) is 17.6 Å². The smallest absolute Gasteiger partial charge is 0.157 e. The van der Waals surface area contributed by atoms with Gasteiger partial charge in [-0.3, -0.25) is 0 Å². The average molecular weight is 325 g/mol. The van der Waals surface area contributed by atoms with Gasteiger partial charge in [0.2, 0.25) is 0 Å². The minimum atomic E-state index is 0.359. The van der Waals surface area contributed by atoms with Crippen LogP contribution in [0, 0.1) is 11.3 Å². The number of ether oxygens (including phenoxy) is 1. The Hall–Kier alpha value is -2.58. The first-order valence-electron chi connectivity index (χ1n) is 7.29. The van der Waals surface area contributed by atoms with Gasteiger partial charge in [0.1, 0.15) is 17.0 Å². The summed E-state index contributed by atoms with van der Waals surface area (Å²) < 4.78 is 7.02. The molecule has 1 fully saturated rings. The number of benzene rings is 1. The molecule has 3 aromatic rings. The van der Waals surface area contributed by atoms with E-state index in [0.29, 0.717) is 28.3 Å². The summed E-state index contributed by atoms with van der Waals surface area (Å²) in [6.45, 7) is 0. The van der Waals surface area contributed by atoms with E-state index in [2.05, 4.69) is 16.2 Å². The minimum absolute atomic E-state index is 0.359. The Morgan fingerprint density at radius 1 is 1.35 bits per heavy atom. The van der Waals surface area contributed by atoms with E-state index >= 15 is 0 Å². The molecule has 6 heteroatoms. The van der Waals surface area contributed by atoms with Gasteiger partial charge in [-0.1, -0.05) is 17.7 Å². The molecule has 0 N–H and O–H groups in total. The fraction of sp³-hybridized carbons (Fsp3) is 0.235. The van der Waals surface area contributed by atoms with E-state index in [-0.39, 0.29) is 0 Å². The van der Waals surface area contributed by atoms with Crippen molar-refractivity contribution < 1.29 is 4.74 Å². The van der Waals surface area contributed by atoms with Gasteiger partial charge in [-0.25, -0.2) is 9.50 Å². The molecule has 0 amide bonds. The van der Waals surface area contributed by atoms with Crippen molar-refractivity contribution in [3.05, 3.63) is 58.5 Å². The highest BCUT2D eigenvalue weighted by Crippen LogP contribution is 2.56. The topological polar surface area (TPSA) is 63.2 Å². The first kappa shape index (κ1) is 14.0. The number of imidazole rings is 1. The highest BCUT2D eigenvalue weighted by molar-refractivity contribution is 6.29. The molecule has 2 atom stereocenters. The fourth-order valence-electron chi connectivity index (χ4n) is 3.12. The number of aromatic nitrogens is 3. The van der Waals surface area contributed by atoms with Crippen LogP contribution in [0.25, 0.3) is 5.65 Å². The summed E-state index contributed by atoms with van der Waals surface area (Å²) in [5.74, 6) is 1.36. The minimum Gasteiger partial charge on any atom is -0.495 e. The fourth-order valence-corrected chi connectivity index (χ4v) is 3.32. The molecule has 1 aromatic carbocycles. The predicted octanol–water partition coefficient (Wildman–Crippen LogP) is 3.53. The Kier molecular flexibility index (Phi) is 3.21. The quantitative estimate of drug-likeness (QED) is 0.739. The van der Waals surface area contributed by atoms with Crippen LogP contribution in [-0.4, -0.2) is 21.7 Å². The number of hydrogen-bond donors (Lipinski definition) is 0. The van der Waals surface area contributed by atoms with Gasteiger partial charge in [-0.05, 0) is 42.0 Å². The second kappa shape index (κ2) is 5.25. The second-order valence-electron chi connectivity index (χ2n) is 5.64. The molecule has 1 aliphatic rings. The van der Waals surface area contributed by atoms with Gasteiger partial charge in [0, 0.05) is 18.0 Å². The van der Waals surface area contributed by atoms with Crippen molar-refractivity contribution in [1.29, 1.82) is 5.26 Å². The first-order chi connectivity index (χ1) is 11.2. The van der Waals surface area contributed by atoms with Crippen molar-refractivity contribution in [3.8, 4) is 11.8 Å². The van der Waals surface area contributed by atoms with E-state index in [1.807, 2.05) is 24.3 Å². The van der Waals surface area contributed by atoms with Crippen LogP contribution in [0.4, 0.5) is 0 Å². The van der Waals surface area contributed by atoms with E-state index in [4.69, 9.17) is 21.6 Å². The van der Waals surface area contributed by atoms with Crippen LogP contribution in [0.15, 0.2) is 36.7 Å². The van der Waals surface area contributed by atoms with Gasteiger partial charge in [-0.15, -0.1) is 0 Å². The molecule has 0 radical (unpaired) electrons. The summed E-state index contributed by atoms with van der Waals surface area (Å²) in [7, 11) is 1.58. The molecule has 0 saturated heterocycles. The van der Waals surface area contributed by atoms with Crippen molar-refractivity contribution in [1.82, 2.24) is 14.6 Å². The van der Waals surface area contributed by atoms with Crippen LogP contribution < -0.4 is 4.74 Å². The third-order valence-electron chi connectivity index (χ3n) is 4.32.